The Morgan fingerprint density at radius 1 is 1.25 bits per heavy atom. The Hall–Kier alpha value is -1.40. The molecule has 82 valence electrons. The van der Waals surface area contributed by atoms with Gasteiger partial charge in [0.2, 0.25) is 5.95 Å². The summed E-state index contributed by atoms with van der Waals surface area (Å²) in [6, 6.07) is 1.62. The monoisotopic (exact) mass is 253 g/mol. The van der Waals surface area contributed by atoms with Crippen LogP contribution in [0.25, 0.3) is 0 Å². The average molecular weight is 254 g/mol. The molecule has 2 heterocycles. The maximum absolute atomic E-state index is 5.76. The number of nitrogens with two attached hydrogens (primary N) is 1. The molecule has 0 unspecified atom stereocenters. The lowest BCUT2D eigenvalue weighted by Gasteiger charge is -2.00. The molecule has 0 aliphatic carbocycles. The highest BCUT2D eigenvalue weighted by atomic mass is 35.5. The third kappa shape index (κ3) is 2.80. The second kappa shape index (κ2) is 4.63. The van der Waals surface area contributed by atoms with Crippen molar-refractivity contribution in [2.45, 2.75) is 17.1 Å². The summed E-state index contributed by atoms with van der Waals surface area (Å²) in [6.45, 7) is 1.92. The molecule has 0 aliphatic rings. The lowest BCUT2D eigenvalue weighted by molar-refractivity contribution is 0.942. The molecule has 0 spiro atoms. The van der Waals surface area contributed by atoms with Crippen LogP contribution in [0.2, 0.25) is 5.15 Å². The standard InChI is InChI=1S/C9H8ClN5S/c1-5-3-12-9(13-4-5)16-7-2-6(10)14-8(11)15-7/h2-4H,1H3,(H2,11,14,15). The molecule has 2 aromatic rings. The van der Waals surface area contributed by atoms with Crippen molar-refractivity contribution in [3.05, 3.63) is 29.2 Å². The topological polar surface area (TPSA) is 77.6 Å². The fourth-order valence-corrected chi connectivity index (χ4v) is 1.96. The first kappa shape index (κ1) is 11.1. The van der Waals surface area contributed by atoms with Gasteiger partial charge >= 0.3 is 0 Å². The number of hydrogen-bond donors (Lipinski definition) is 1. The normalized spacial score (nSPS) is 10.4. The second-order valence-electron chi connectivity index (χ2n) is 3.03. The highest BCUT2D eigenvalue weighted by molar-refractivity contribution is 7.99. The Bertz CT molecular complexity index is 482. The third-order valence-electron chi connectivity index (χ3n) is 1.64. The highest BCUT2D eigenvalue weighted by Crippen LogP contribution is 2.24. The van der Waals surface area contributed by atoms with Gasteiger partial charge in [-0.15, -0.1) is 0 Å². The van der Waals surface area contributed by atoms with Gasteiger partial charge in [-0.2, -0.15) is 0 Å². The van der Waals surface area contributed by atoms with Gasteiger partial charge in [0, 0.05) is 18.5 Å². The van der Waals surface area contributed by atoms with Crippen molar-refractivity contribution >= 4 is 29.3 Å². The van der Waals surface area contributed by atoms with E-state index in [1.165, 1.54) is 11.8 Å². The van der Waals surface area contributed by atoms with E-state index >= 15 is 0 Å². The summed E-state index contributed by atoms with van der Waals surface area (Å²) in [5.41, 5.74) is 6.48. The molecule has 2 aromatic heterocycles. The second-order valence-corrected chi connectivity index (χ2v) is 4.41. The molecule has 0 fully saturated rings. The fourth-order valence-electron chi connectivity index (χ4n) is 0.993. The van der Waals surface area contributed by atoms with E-state index in [-0.39, 0.29) is 5.95 Å². The summed E-state index contributed by atoms with van der Waals surface area (Å²) in [7, 11) is 0. The van der Waals surface area contributed by atoms with Crippen LogP contribution in [0, 0.1) is 6.92 Å². The molecule has 0 atom stereocenters. The number of hydrogen-bond acceptors (Lipinski definition) is 6. The molecule has 0 saturated carbocycles. The number of rotatable bonds is 2. The van der Waals surface area contributed by atoms with Gasteiger partial charge in [-0.1, -0.05) is 11.6 Å². The Labute approximate surface area is 101 Å². The average Bonchev–Trinajstić information content (AvgIpc) is 2.20. The van der Waals surface area contributed by atoms with E-state index in [0.717, 1.165) is 5.56 Å². The van der Waals surface area contributed by atoms with Crippen LogP contribution in [-0.4, -0.2) is 19.9 Å². The van der Waals surface area contributed by atoms with E-state index in [1.54, 1.807) is 18.5 Å². The molecule has 2 rings (SSSR count). The maximum atomic E-state index is 5.76. The van der Waals surface area contributed by atoms with Gasteiger partial charge in [0.05, 0.1) is 0 Å². The highest BCUT2D eigenvalue weighted by Gasteiger charge is 2.04. The van der Waals surface area contributed by atoms with Crippen LogP contribution >= 0.6 is 23.4 Å². The first-order chi connectivity index (χ1) is 7.63. The van der Waals surface area contributed by atoms with Gasteiger partial charge in [0.1, 0.15) is 10.2 Å². The predicted octanol–water partition coefficient (Wildman–Crippen LogP) is 1.96. The zero-order valence-electron chi connectivity index (χ0n) is 8.38. The quantitative estimate of drug-likeness (QED) is 0.651. The first-order valence-electron chi connectivity index (χ1n) is 4.40. The Morgan fingerprint density at radius 2 is 1.94 bits per heavy atom. The van der Waals surface area contributed by atoms with E-state index in [4.69, 9.17) is 17.3 Å². The van der Waals surface area contributed by atoms with Gasteiger partial charge in [-0.25, -0.2) is 19.9 Å². The number of aromatic nitrogens is 4. The maximum Gasteiger partial charge on any atom is 0.222 e. The Kier molecular flexibility index (Phi) is 3.21. The van der Waals surface area contributed by atoms with Crippen LogP contribution in [-0.2, 0) is 0 Å². The fraction of sp³-hybridized carbons (Fsp3) is 0.111. The first-order valence-corrected chi connectivity index (χ1v) is 5.59. The molecule has 0 bridgehead atoms. The summed E-state index contributed by atoms with van der Waals surface area (Å²) in [6.07, 6.45) is 3.48. The van der Waals surface area contributed by atoms with E-state index < -0.39 is 0 Å². The number of nitrogens with zero attached hydrogens (tertiary/aromatic N) is 4. The van der Waals surface area contributed by atoms with Crippen LogP contribution in [0.15, 0.2) is 28.6 Å². The van der Waals surface area contributed by atoms with Gasteiger partial charge in [0.25, 0.3) is 0 Å². The van der Waals surface area contributed by atoms with Crippen molar-refractivity contribution in [1.82, 2.24) is 19.9 Å². The summed E-state index contributed by atoms with van der Waals surface area (Å²) in [5, 5.41) is 1.53. The smallest absolute Gasteiger partial charge is 0.222 e. The molecule has 0 saturated heterocycles. The molecule has 0 amide bonds. The summed E-state index contributed by atoms with van der Waals surface area (Å²) in [4.78, 5) is 16.1. The zero-order chi connectivity index (χ0) is 11.5. The number of halogens is 1. The van der Waals surface area contributed by atoms with Crippen LogP contribution in [0.3, 0.4) is 0 Å². The number of nitrogen functional groups attached to an aromatic ring is 1. The van der Waals surface area contributed by atoms with E-state index in [2.05, 4.69) is 19.9 Å². The Balaban J connectivity index is 2.23. The molecule has 0 aliphatic heterocycles. The number of anilines is 1. The van der Waals surface area contributed by atoms with Crippen molar-refractivity contribution in [2.24, 2.45) is 0 Å². The van der Waals surface area contributed by atoms with Crippen LogP contribution < -0.4 is 5.73 Å². The van der Waals surface area contributed by atoms with E-state index in [9.17, 15) is 0 Å². The minimum Gasteiger partial charge on any atom is -0.368 e. The minimum atomic E-state index is 0.141. The molecule has 2 N–H and O–H groups in total. The van der Waals surface area contributed by atoms with E-state index in [1.807, 2.05) is 6.92 Å². The van der Waals surface area contributed by atoms with Gasteiger partial charge in [-0.3, -0.25) is 0 Å². The predicted molar refractivity (Wildman–Crippen MR) is 62.3 cm³/mol. The summed E-state index contributed by atoms with van der Waals surface area (Å²) >= 11 is 7.04. The van der Waals surface area contributed by atoms with E-state index in [0.29, 0.717) is 15.3 Å². The van der Waals surface area contributed by atoms with Gasteiger partial charge < -0.3 is 5.73 Å². The van der Waals surface area contributed by atoms with Crippen molar-refractivity contribution < 1.29 is 0 Å². The number of aryl methyl sites for hydroxylation is 1. The molecular weight excluding hydrogens is 246 g/mol. The zero-order valence-corrected chi connectivity index (χ0v) is 9.96. The molecule has 5 nitrogen and oxygen atoms in total. The molecular formula is C9H8ClN5S. The minimum absolute atomic E-state index is 0.141. The van der Waals surface area contributed by atoms with Crippen molar-refractivity contribution in [3.8, 4) is 0 Å². The van der Waals surface area contributed by atoms with Crippen molar-refractivity contribution in [2.75, 3.05) is 5.73 Å². The molecule has 16 heavy (non-hydrogen) atoms. The largest absolute Gasteiger partial charge is 0.368 e. The molecule has 0 aromatic carbocycles. The van der Waals surface area contributed by atoms with Crippen LogP contribution in [0.1, 0.15) is 5.56 Å². The van der Waals surface area contributed by atoms with Crippen LogP contribution in [0.4, 0.5) is 5.95 Å². The molecule has 7 heteroatoms. The summed E-state index contributed by atoms with van der Waals surface area (Å²) in [5.74, 6) is 0.141. The molecule has 0 radical (unpaired) electrons. The SMILES string of the molecule is Cc1cnc(Sc2cc(Cl)nc(N)n2)nc1. The van der Waals surface area contributed by atoms with Crippen molar-refractivity contribution in [3.63, 3.8) is 0 Å². The Morgan fingerprint density at radius 3 is 2.56 bits per heavy atom. The lowest BCUT2D eigenvalue weighted by atomic mass is 10.4. The van der Waals surface area contributed by atoms with Crippen molar-refractivity contribution in [1.29, 1.82) is 0 Å². The summed E-state index contributed by atoms with van der Waals surface area (Å²) < 4.78 is 0. The lowest BCUT2D eigenvalue weighted by Crippen LogP contribution is -1.96. The third-order valence-corrected chi connectivity index (χ3v) is 2.65. The van der Waals surface area contributed by atoms with Gasteiger partial charge in [-0.05, 0) is 24.2 Å². The van der Waals surface area contributed by atoms with Crippen LogP contribution in [0.5, 0.6) is 0 Å². The van der Waals surface area contributed by atoms with Gasteiger partial charge in [0.15, 0.2) is 5.16 Å².